The molecular formula is C15H22F2N2O. The zero-order chi connectivity index (χ0) is 14.5. The van der Waals surface area contributed by atoms with Gasteiger partial charge in [-0.15, -0.1) is 0 Å². The van der Waals surface area contributed by atoms with Gasteiger partial charge in [-0.1, -0.05) is 19.9 Å². The maximum atomic E-state index is 13.3. The number of hydrogen-bond acceptors (Lipinski definition) is 3. The molecule has 0 aliphatic carbocycles. The second-order valence-corrected chi connectivity index (χ2v) is 5.51. The molecule has 1 aliphatic rings. The first-order chi connectivity index (χ1) is 9.56. The molecule has 1 atom stereocenters. The van der Waals surface area contributed by atoms with Crippen molar-refractivity contribution in [2.45, 2.75) is 32.5 Å². The summed E-state index contributed by atoms with van der Waals surface area (Å²) in [5.74, 6) is -1.58. The summed E-state index contributed by atoms with van der Waals surface area (Å²) >= 11 is 0. The Morgan fingerprint density at radius 2 is 2.15 bits per heavy atom. The molecule has 0 radical (unpaired) electrons. The van der Waals surface area contributed by atoms with Crippen LogP contribution in [0.5, 0.6) is 0 Å². The lowest BCUT2D eigenvalue weighted by atomic mass is 10.1. The standard InChI is InChI=1S/C15H22F2N2O/c1-11(2)18-8-13-10-20-6-5-19(13)9-12-3-4-14(16)15(17)7-12/h3-4,7,11,13,18H,5-6,8-10H2,1-2H3. The van der Waals surface area contributed by atoms with E-state index in [1.54, 1.807) is 6.07 Å². The lowest BCUT2D eigenvalue weighted by molar-refractivity contribution is -0.0115. The Morgan fingerprint density at radius 3 is 2.85 bits per heavy atom. The minimum Gasteiger partial charge on any atom is -0.378 e. The van der Waals surface area contributed by atoms with Gasteiger partial charge in [0, 0.05) is 31.7 Å². The van der Waals surface area contributed by atoms with Gasteiger partial charge in [-0.3, -0.25) is 4.90 Å². The summed E-state index contributed by atoms with van der Waals surface area (Å²) in [7, 11) is 0. The smallest absolute Gasteiger partial charge is 0.159 e. The summed E-state index contributed by atoms with van der Waals surface area (Å²) in [5.41, 5.74) is 0.792. The SMILES string of the molecule is CC(C)NCC1COCCN1Cc1ccc(F)c(F)c1. The van der Waals surface area contributed by atoms with Crippen LogP contribution in [0.3, 0.4) is 0 Å². The van der Waals surface area contributed by atoms with Crippen LogP contribution in [0.15, 0.2) is 18.2 Å². The first-order valence-electron chi connectivity index (χ1n) is 7.05. The molecule has 5 heteroatoms. The van der Waals surface area contributed by atoms with E-state index in [0.717, 1.165) is 18.7 Å². The number of hydrogen-bond donors (Lipinski definition) is 1. The second kappa shape index (κ2) is 7.11. The van der Waals surface area contributed by atoms with Crippen LogP contribution in [0, 0.1) is 11.6 Å². The molecule has 0 spiro atoms. The number of benzene rings is 1. The molecule has 0 aromatic heterocycles. The molecule has 1 aliphatic heterocycles. The fraction of sp³-hybridized carbons (Fsp3) is 0.600. The molecule has 0 bridgehead atoms. The summed E-state index contributed by atoms with van der Waals surface area (Å²) in [6.45, 7) is 7.81. The van der Waals surface area contributed by atoms with Crippen LogP contribution in [-0.4, -0.2) is 43.3 Å². The van der Waals surface area contributed by atoms with Crippen molar-refractivity contribution in [1.82, 2.24) is 10.2 Å². The molecule has 1 heterocycles. The maximum Gasteiger partial charge on any atom is 0.159 e. The Balaban J connectivity index is 1.98. The van der Waals surface area contributed by atoms with Gasteiger partial charge in [-0.2, -0.15) is 0 Å². The summed E-state index contributed by atoms with van der Waals surface area (Å²) < 4.78 is 31.7. The van der Waals surface area contributed by atoms with Gasteiger partial charge >= 0.3 is 0 Å². The van der Waals surface area contributed by atoms with E-state index in [0.29, 0.717) is 25.8 Å². The molecule has 1 fully saturated rings. The van der Waals surface area contributed by atoms with Crippen LogP contribution >= 0.6 is 0 Å². The third-order valence-corrected chi connectivity index (χ3v) is 3.48. The molecule has 0 saturated carbocycles. The predicted octanol–water partition coefficient (Wildman–Crippen LogP) is 2.16. The lowest BCUT2D eigenvalue weighted by Gasteiger charge is -2.36. The van der Waals surface area contributed by atoms with E-state index in [1.807, 2.05) is 0 Å². The average Bonchev–Trinajstić information content (AvgIpc) is 2.42. The topological polar surface area (TPSA) is 24.5 Å². The van der Waals surface area contributed by atoms with Crippen LogP contribution in [0.25, 0.3) is 0 Å². The average molecular weight is 284 g/mol. The zero-order valence-electron chi connectivity index (χ0n) is 12.0. The number of ether oxygens (including phenoxy) is 1. The van der Waals surface area contributed by atoms with Gasteiger partial charge in [0.05, 0.1) is 13.2 Å². The Labute approximate surface area is 118 Å². The van der Waals surface area contributed by atoms with Crippen molar-refractivity contribution >= 4 is 0 Å². The Kier molecular flexibility index (Phi) is 5.46. The number of rotatable bonds is 5. The molecular weight excluding hydrogens is 262 g/mol. The van der Waals surface area contributed by atoms with Crippen molar-refractivity contribution in [1.29, 1.82) is 0 Å². The van der Waals surface area contributed by atoms with E-state index in [4.69, 9.17) is 4.74 Å². The molecule has 3 nitrogen and oxygen atoms in total. The van der Waals surface area contributed by atoms with Crippen molar-refractivity contribution in [3.63, 3.8) is 0 Å². The summed E-state index contributed by atoms with van der Waals surface area (Å²) in [5, 5.41) is 3.40. The van der Waals surface area contributed by atoms with E-state index >= 15 is 0 Å². The van der Waals surface area contributed by atoms with Gasteiger partial charge in [-0.25, -0.2) is 8.78 Å². The fourth-order valence-corrected chi connectivity index (χ4v) is 2.33. The monoisotopic (exact) mass is 284 g/mol. The minimum atomic E-state index is -0.797. The molecule has 112 valence electrons. The van der Waals surface area contributed by atoms with Crippen molar-refractivity contribution in [2.24, 2.45) is 0 Å². The lowest BCUT2D eigenvalue weighted by Crippen LogP contribution is -2.50. The highest BCUT2D eigenvalue weighted by Crippen LogP contribution is 2.15. The summed E-state index contributed by atoms with van der Waals surface area (Å²) in [6.07, 6.45) is 0. The van der Waals surface area contributed by atoms with Crippen LogP contribution < -0.4 is 5.32 Å². The van der Waals surface area contributed by atoms with E-state index in [2.05, 4.69) is 24.1 Å². The number of nitrogens with one attached hydrogen (secondary N) is 1. The first-order valence-corrected chi connectivity index (χ1v) is 7.05. The predicted molar refractivity (Wildman–Crippen MR) is 74.5 cm³/mol. The third kappa shape index (κ3) is 4.23. The molecule has 1 saturated heterocycles. The van der Waals surface area contributed by atoms with Crippen LogP contribution in [0.2, 0.25) is 0 Å². The van der Waals surface area contributed by atoms with E-state index in [-0.39, 0.29) is 6.04 Å². The van der Waals surface area contributed by atoms with Gasteiger partial charge in [0.2, 0.25) is 0 Å². The van der Waals surface area contributed by atoms with Gasteiger partial charge in [0.15, 0.2) is 11.6 Å². The normalized spacial score (nSPS) is 20.6. The quantitative estimate of drug-likeness (QED) is 0.897. The molecule has 20 heavy (non-hydrogen) atoms. The van der Waals surface area contributed by atoms with Crippen molar-refractivity contribution < 1.29 is 13.5 Å². The highest BCUT2D eigenvalue weighted by atomic mass is 19.2. The number of nitrogens with zero attached hydrogens (tertiary/aromatic N) is 1. The van der Waals surface area contributed by atoms with Crippen molar-refractivity contribution in [3.05, 3.63) is 35.4 Å². The Bertz CT molecular complexity index is 440. The Morgan fingerprint density at radius 1 is 1.35 bits per heavy atom. The Hall–Kier alpha value is -1.04. The van der Waals surface area contributed by atoms with Crippen LogP contribution in [0.1, 0.15) is 19.4 Å². The van der Waals surface area contributed by atoms with Gasteiger partial charge in [0.1, 0.15) is 0 Å². The van der Waals surface area contributed by atoms with Crippen molar-refractivity contribution in [3.8, 4) is 0 Å². The first kappa shape index (κ1) is 15.4. The van der Waals surface area contributed by atoms with Gasteiger partial charge in [-0.05, 0) is 17.7 Å². The molecule has 1 aromatic rings. The number of halogens is 2. The van der Waals surface area contributed by atoms with Crippen LogP contribution in [0.4, 0.5) is 8.78 Å². The van der Waals surface area contributed by atoms with E-state index in [9.17, 15) is 8.78 Å². The van der Waals surface area contributed by atoms with Gasteiger partial charge < -0.3 is 10.1 Å². The minimum absolute atomic E-state index is 0.263. The van der Waals surface area contributed by atoms with Crippen molar-refractivity contribution in [2.75, 3.05) is 26.3 Å². The van der Waals surface area contributed by atoms with Crippen LogP contribution in [-0.2, 0) is 11.3 Å². The second-order valence-electron chi connectivity index (χ2n) is 5.51. The van der Waals surface area contributed by atoms with E-state index < -0.39 is 11.6 Å². The molecule has 1 N–H and O–H groups in total. The molecule has 1 aromatic carbocycles. The highest BCUT2D eigenvalue weighted by molar-refractivity contribution is 5.17. The fourth-order valence-electron chi connectivity index (χ4n) is 2.33. The molecule has 1 unspecified atom stereocenters. The zero-order valence-corrected chi connectivity index (χ0v) is 12.0. The van der Waals surface area contributed by atoms with Gasteiger partial charge in [0.25, 0.3) is 0 Å². The summed E-state index contributed by atoms with van der Waals surface area (Å²) in [6, 6.07) is 4.78. The van der Waals surface area contributed by atoms with E-state index in [1.165, 1.54) is 12.1 Å². The third-order valence-electron chi connectivity index (χ3n) is 3.48. The summed E-state index contributed by atoms with van der Waals surface area (Å²) in [4.78, 5) is 2.26. The maximum absolute atomic E-state index is 13.3. The highest BCUT2D eigenvalue weighted by Gasteiger charge is 2.23. The largest absolute Gasteiger partial charge is 0.378 e. The molecule has 0 amide bonds. The molecule has 2 rings (SSSR count). The number of morpholine rings is 1.